The summed E-state index contributed by atoms with van der Waals surface area (Å²) < 4.78 is 10.3. The standard InChI is InChI=1S/C22H21ClN2O6/c1-30-11-10-25-19(13-4-8-16(9-5-13)31-12-17(24)26)18(21(28)22(25)29)20(27)14-2-6-15(23)7-3-14/h2-9,19,27H,10-12H2,1H3,(H2,24,26)/b20-18-. The molecule has 1 fully saturated rings. The number of primary amides is 1. The van der Waals surface area contributed by atoms with Gasteiger partial charge in [0.25, 0.3) is 17.6 Å². The highest BCUT2D eigenvalue weighted by Gasteiger charge is 2.45. The molecule has 3 N–H and O–H groups in total. The van der Waals surface area contributed by atoms with Crippen LogP contribution in [0.1, 0.15) is 17.2 Å². The second kappa shape index (κ2) is 9.63. The number of benzene rings is 2. The predicted octanol–water partition coefficient (Wildman–Crippen LogP) is 2.27. The minimum absolute atomic E-state index is 0.0331. The number of aliphatic hydroxyl groups is 1. The Bertz CT molecular complexity index is 1020. The Morgan fingerprint density at radius 1 is 1.13 bits per heavy atom. The molecule has 1 heterocycles. The maximum atomic E-state index is 12.8. The Morgan fingerprint density at radius 3 is 2.35 bits per heavy atom. The van der Waals surface area contributed by atoms with Crippen molar-refractivity contribution in [3.63, 3.8) is 0 Å². The first-order valence-electron chi connectivity index (χ1n) is 9.38. The summed E-state index contributed by atoms with van der Waals surface area (Å²) in [5.74, 6) is -2.03. The summed E-state index contributed by atoms with van der Waals surface area (Å²) in [6.07, 6.45) is 0. The number of carbonyl (C=O) groups excluding carboxylic acids is 3. The van der Waals surface area contributed by atoms with Crippen LogP contribution < -0.4 is 10.5 Å². The molecular formula is C22H21ClN2O6. The maximum absolute atomic E-state index is 12.8. The molecular weight excluding hydrogens is 424 g/mol. The Kier molecular flexibility index (Phi) is 6.94. The molecule has 1 saturated heterocycles. The molecule has 2 aromatic carbocycles. The van der Waals surface area contributed by atoms with Gasteiger partial charge in [-0.1, -0.05) is 23.7 Å². The fourth-order valence-electron chi connectivity index (χ4n) is 3.31. The normalized spacial score (nSPS) is 17.7. The number of ketones is 1. The largest absolute Gasteiger partial charge is 0.507 e. The molecule has 0 spiro atoms. The number of aliphatic hydroxyl groups excluding tert-OH is 1. The van der Waals surface area contributed by atoms with Crippen molar-refractivity contribution in [2.24, 2.45) is 5.73 Å². The highest BCUT2D eigenvalue weighted by atomic mass is 35.5. The van der Waals surface area contributed by atoms with Gasteiger partial charge in [0, 0.05) is 24.2 Å². The lowest BCUT2D eigenvalue weighted by molar-refractivity contribution is -0.140. The van der Waals surface area contributed by atoms with Crippen molar-refractivity contribution < 1.29 is 29.0 Å². The Labute approximate surface area is 183 Å². The van der Waals surface area contributed by atoms with Gasteiger partial charge in [-0.2, -0.15) is 0 Å². The average molecular weight is 445 g/mol. The topological polar surface area (TPSA) is 119 Å². The third-order valence-electron chi connectivity index (χ3n) is 4.77. The number of halogens is 1. The molecule has 0 saturated carbocycles. The van der Waals surface area contributed by atoms with Gasteiger partial charge < -0.3 is 25.2 Å². The Hall–Kier alpha value is -3.36. The molecule has 31 heavy (non-hydrogen) atoms. The number of carbonyl (C=O) groups is 3. The lowest BCUT2D eigenvalue weighted by Gasteiger charge is -2.25. The number of hydrogen-bond donors (Lipinski definition) is 2. The SMILES string of the molecule is COCCN1C(=O)C(=O)/C(=C(\O)c2ccc(Cl)cc2)C1c1ccc(OCC(N)=O)cc1. The van der Waals surface area contributed by atoms with Gasteiger partial charge >= 0.3 is 0 Å². The van der Waals surface area contributed by atoms with E-state index in [-0.39, 0.29) is 31.1 Å². The van der Waals surface area contributed by atoms with Gasteiger partial charge in [0.05, 0.1) is 18.2 Å². The molecule has 162 valence electrons. The Morgan fingerprint density at radius 2 is 1.77 bits per heavy atom. The van der Waals surface area contributed by atoms with Crippen molar-refractivity contribution in [2.75, 3.05) is 26.9 Å². The van der Waals surface area contributed by atoms with Crippen LogP contribution in [0.15, 0.2) is 54.1 Å². The molecule has 1 unspecified atom stereocenters. The van der Waals surface area contributed by atoms with Gasteiger partial charge in [-0.3, -0.25) is 14.4 Å². The van der Waals surface area contributed by atoms with Crippen LogP contribution in [0.5, 0.6) is 5.75 Å². The number of rotatable bonds is 8. The lowest BCUT2D eigenvalue weighted by atomic mass is 9.95. The molecule has 0 radical (unpaired) electrons. The van der Waals surface area contributed by atoms with Crippen LogP contribution in [-0.4, -0.2) is 54.5 Å². The molecule has 3 rings (SSSR count). The molecule has 0 aromatic heterocycles. The van der Waals surface area contributed by atoms with Crippen molar-refractivity contribution in [1.29, 1.82) is 0 Å². The molecule has 2 amide bonds. The van der Waals surface area contributed by atoms with Crippen molar-refractivity contribution in [2.45, 2.75) is 6.04 Å². The van der Waals surface area contributed by atoms with E-state index in [1.807, 2.05) is 0 Å². The maximum Gasteiger partial charge on any atom is 0.295 e. The van der Waals surface area contributed by atoms with Crippen LogP contribution in [0.25, 0.3) is 5.76 Å². The van der Waals surface area contributed by atoms with Gasteiger partial charge in [-0.05, 0) is 42.0 Å². The van der Waals surface area contributed by atoms with Crippen molar-refractivity contribution in [3.8, 4) is 5.75 Å². The number of nitrogens with zero attached hydrogens (tertiary/aromatic N) is 1. The predicted molar refractivity (Wildman–Crippen MR) is 113 cm³/mol. The molecule has 1 aliphatic heterocycles. The van der Waals surface area contributed by atoms with E-state index in [4.69, 9.17) is 26.8 Å². The fraction of sp³-hybridized carbons (Fsp3) is 0.227. The molecule has 0 aliphatic carbocycles. The minimum Gasteiger partial charge on any atom is -0.507 e. The third kappa shape index (κ3) is 4.87. The van der Waals surface area contributed by atoms with E-state index in [1.54, 1.807) is 48.5 Å². The van der Waals surface area contributed by atoms with Gasteiger partial charge in [0.1, 0.15) is 11.5 Å². The summed E-state index contributed by atoms with van der Waals surface area (Å²) in [7, 11) is 1.49. The van der Waals surface area contributed by atoms with E-state index in [9.17, 15) is 19.5 Å². The first-order chi connectivity index (χ1) is 14.8. The third-order valence-corrected chi connectivity index (χ3v) is 5.02. The summed E-state index contributed by atoms with van der Waals surface area (Å²) in [4.78, 5) is 37.8. The first-order valence-corrected chi connectivity index (χ1v) is 9.75. The van der Waals surface area contributed by atoms with E-state index >= 15 is 0 Å². The molecule has 2 aromatic rings. The van der Waals surface area contributed by atoms with Crippen LogP contribution >= 0.6 is 11.6 Å². The van der Waals surface area contributed by atoms with Crippen LogP contribution in [0.2, 0.25) is 5.02 Å². The lowest BCUT2D eigenvalue weighted by Crippen LogP contribution is -2.32. The van der Waals surface area contributed by atoms with Crippen LogP contribution in [0.3, 0.4) is 0 Å². The first kappa shape index (κ1) is 22.3. The molecule has 9 heteroatoms. The molecule has 1 aliphatic rings. The molecule has 0 bridgehead atoms. The van der Waals surface area contributed by atoms with E-state index < -0.39 is 23.6 Å². The van der Waals surface area contributed by atoms with Crippen LogP contribution in [0.4, 0.5) is 0 Å². The highest BCUT2D eigenvalue weighted by molar-refractivity contribution is 6.46. The van der Waals surface area contributed by atoms with Gasteiger partial charge in [0.15, 0.2) is 6.61 Å². The number of amides is 2. The summed E-state index contributed by atoms with van der Waals surface area (Å²) in [6, 6.07) is 12.0. The van der Waals surface area contributed by atoms with Crippen LogP contribution in [0, 0.1) is 0 Å². The monoisotopic (exact) mass is 444 g/mol. The minimum atomic E-state index is -0.823. The van der Waals surface area contributed by atoms with Gasteiger partial charge in [-0.15, -0.1) is 0 Å². The number of Topliss-reactive ketones (excluding diaryl/α,β-unsaturated/α-hetero) is 1. The highest BCUT2D eigenvalue weighted by Crippen LogP contribution is 2.39. The summed E-state index contributed by atoms with van der Waals surface area (Å²) in [6.45, 7) is 0.0929. The number of hydrogen-bond acceptors (Lipinski definition) is 6. The Balaban J connectivity index is 2.04. The molecule has 1 atom stereocenters. The number of likely N-dealkylation sites (tertiary alicyclic amines) is 1. The van der Waals surface area contributed by atoms with E-state index in [0.29, 0.717) is 21.9 Å². The smallest absolute Gasteiger partial charge is 0.295 e. The van der Waals surface area contributed by atoms with Crippen molar-refractivity contribution in [1.82, 2.24) is 4.90 Å². The summed E-state index contributed by atoms with van der Waals surface area (Å²) >= 11 is 5.91. The van der Waals surface area contributed by atoms with Crippen LogP contribution in [-0.2, 0) is 19.1 Å². The van der Waals surface area contributed by atoms with E-state index in [0.717, 1.165) is 0 Å². The molecule has 8 nitrogen and oxygen atoms in total. The van der Waals surface area contributed by atoms with Crippen molar-refractivity contribution in [3.05, 3.63) is 70.3 Å². The quantitative estimate of drug-likeness (QED) is 0.366. The van der Waals surface area contributed by atoms with Gasteiger partial charge in [-0.25, -0.2) is 0 Å². The summed E-state index contributed by atoms with van der Waals surface area (Å²) in [5.41, 5.74) is 5.99. The van der Waals surface area contributed by atoms with Gasteiger partial charge in [0.2, 0.25) is 0 Å². The van der Waals surface area contributed by atoms with Crippen molar-refractivity contribution >= 4 is 35.0 Å². The second-order valence-corrected chi connectivity index (χ2v) is 7.25. The zero-order chi connectivity index (χ0) is 22.5. The van der Waals surface area contributed by atoms with E-state index in [2.05, 4.69) is 0 Å². The number of methoxy groups -OCH3 is 1. The zero-order valence-corrected chi connectivity index (χ0v) is 17.5. The number of ether oxygens (including phenoxy) is 2. The van der Waals surface area contributed by atoms with E-state index in [1.165, 1.54) is 12.0 Å². The zero-order valence-electron chi connectivity index (χ0n) is 16.7. The fourth-order valence-corrected chi connectivity index (χ4v) is 3.44. The summed E-state index contributed by atoms with van der Waals surface area (Å²) in [5, 5.41) is 11.4. The number of nitrogens with two attached hydrogens (primary N) is 1. The second-order valence-electron chi connectivity index (χ2n) is 6.82. The average Bonchev–Trinajstić information content (AvgIpc) is 3.01.